The van der Waals surface area contributed by atoms with Crippen molar-refractivity contribution < 1.29 is 9.47 Å². The van der Waals surface area contributed by atoms with Gasteiger partial charge in [0.15, 0.2) is 10.8 Å². The summed E-state index contributed by atoms with van der Waals surface area (Å²) in [7, 11) is 1.63. The zero-order valence-corrected chi connectivity index (χ0v) is 14.7. The third-order valence-corrected chi connectivity index (χ3v) is 4.69. The topological polar surface area (TPSA) is 61.5 Å². The van der Waals surface area contributed by atoms with E-state index in [4.69, 9.17) is 9.47 Å². The van der Waals surface area contributed by atoms with Crippen LogP contribution in [0.3, 0.4) is 0 Å². The Bertz CT molecular complexity index is 1020. The predicted octanol–water partition coefficient (Wildman–Crippen LogP) is 3.75. The molecule has 0 aliphatic rings. The SMILES string of the molecule is COc1cccc(OCc2nn3c(-c4ccccc4C)nnc3s2)c1. The van der Waals surface area contributed by atoms with E-state index in [1.54, 1.807) is 11.6 Å². The maximum atomic E-state index is 5.81. The molecule has 0 unspecified atom stereocenters. The lowest BCUT2D eigenvalue weighted by atomic mass is 10.1. The fourth-order valence-corrected chi connectivity index (χ4v) is 3.29. The van der Waals surface area contributed by atoms with Gasteiger partial charge in [-0.25, -0.2) is 0 Å². The van der Waals surface area contributed by atoms with E-state index < -0.39 is 0 Å². The number of ether oxygens (including phenoxy) is 2. The van der Waals surface area contributed by atoms with Crippen molar-refractivity contribution in [3.63, 3.8) is 0 Å². The van der Waals surface area contributed by atoms with E-state index in [1.807, 2.05) is 42.5 Å². The fraction of sp³-hybridized carbons (Fsp3) is 0.167. The largest absolute Gasteiger partial charge is 0.497 e. The number of nitrogens with zero attached hydrogens (tertiary/aromatic N) is 4. The van der Waals surface area contributed by atoms with Gasteiger partial charge in [0.2, 0.25) is 4.96 Å². The van der Waals surface area contributed by atoms with Crippen LogP contribution in [-0.2, 0) is 6.61 Å². The summed E-state index contributed by atoms with van der Waals surface area (Å²) in [5.74, 6) is 2.25. The average molecular weight is 352 g/mol. The van der Waals surface area contributed by atoms with Crippen molar-refractivity contribution in [3.05, 3.63) is 59.1 Å². The number of aromatic nitrogens is 4. The van der Waals surface area contributed by atoms with Crippen LogP contribution in [0.1, 0.15) is 10.6 Å². The lowest BCUT2D eigenvalue weighted by Crippen LogP contribution is -1.98. The van der Waals surface area contributed by atoms with Gasteiger partial charge in [0, 0.05) is 11.6 Å². The lowest BCUT2D eigenvalue weighted by molar-refractivity contribution is 0.301. The Labute approximate surface area is 148 Å². The minimum Gasteiger partial charge on any atom is -0.497 e. The minimum atomic E-state index is 0.369. The minimum absolute atomic E-state index is 0.369. The molecule has 0 amide bonds. The number of benzene rings is 2. The molecular weight excluding hydrogens is 336 g/mol. The second kappa shape index (κ2) is 6.52. The molecule has 4 rings (SSSR count). The van der Waals surface area contributed by atoms with Crippen LogP contribution in [0, 0.1) is 6.92 Å². The van der Waals surface area contributed by atoms with Crippen molar-refractivity contribution in [2.75, 3.05) is 7.11 Å². The molecule has 7 heteroatoms. The van der Waals surface area contributed by atoms with Crippen molar-refractivity contribution in [2.24, 2.45) is 0 Å². The van der Waals surface area contributed by atoms with Gasteiger partial charge >= 0.3 is 0 Å². The van der Waals surface area contributed by atoms with Gasteiger partial charge in [0.25, 0.3) is 0 Å². The van der Waals surface area contributed by atoms with Crippen LogP contribution >= 0.6 is 11.3 Å². The van der Waals surface area contributed by atoms with Gasteiger partial charge in [0.1, 0.15) is 18.1 Å². The summed E-state index contributed by atoms with van der Waals surface area (Å²) in [6.45, 7) is 2.42. The van der Waals surface area contributed by atoms with Gasteiger partial charge in [-0.3, -0.25) is 0 Å². The Morgan fingerprint density at radius 3 is 2.72 bits per heavy atom. The Morgan fingerprint density at radius 2 is 1.88 bits per heavy atom. The van der Waals surface area contributed by atoms with Crippen molar-refractivity contribution in [3.8, 4) is 22.9 Å². The maximum absolute atomic E-state index is 5.81. The molecule has 0 aliphatic heterocycles. The molecule has 4 aromatic rings. The molecule has 6 nitrogen and oxygen atoms in total. The molecule has 25 heavy (non-hydrogen) atoms. The highest BCUT2D eigenvalue weighted by Crippen LogP contribution is 2.25. The van der Waals surface area contributed by atoms with Gasteiger partial charge < -0.3 is 9.47 Å². The molecule has 2 aromatic heterocycles. The van der Waals surface area contributed by atoms with Crippen molar-refractivity contribution in [2.45, 2.75) is 13.5 Å². The zero-order valence-electron chi connectivity index (χ0n) is 13.8. The maximum Gasteiger partial charge on any atom is 0.235 e. The standard InChI is InChI=1S/C18H16N4O2S/c1-12-6-3-4-9-15(12)17-19-20-18-22(17)21-16(25-18)11-24-14-8-5-7-13(10-14)23-2/h3-10H,11H2,1-2H3. The highest BCUT2D eigenvalue weighted by atomic mass is 32.1. The van der Waals surface area contributed by atoms with Crippen LogP contribution in [0.5, 0.6) is 11.5 Å². The average Bonchev–Trinajstić information content (AvgIpc) is 3.21. The number of methoxy groups -OCH3 is 1. The molecule has 0 bridgehead atoms. The predicted molar refractivity (Wildman–Crippen MR) is 96.2 cm³/mol. The summed E-state index contributed by atoms with van der Waals surface area (Å²) in [5.41, 5.74) is 2.17. The van der Waals surface area contributed by atoms with Crippen LogP contribution in [-0.4, -0.2) is 26.9 Å². The van der Waals surface area contributed by atoms with E-state index in [0.717, 1.165) is 38.4 Å². The van der Waals surface area contributed by atoms with E-state index in [-0.39, 0.29) is 0 Å². The smallest absolute Gasteiger partial charge is 0.235 e. The molecule has 2 heterocycles. The van der Waals surface area contributed by atoms with E-state index in [0.29, 0.717) is 6.61 Å². The third-order valence-electron chi connectivity index (χ3n) is 3.82. The molecule has 126 valence electrons. The second-order valence-corrected chi connectivity index (χ2v) is 6.54. The summed E-state index contributed by atoms with van der Waals surface area (Å²) >= 11 is 1.47. The van der Waals surface area contributed by atoms with Crippen molar-refractivity contribution in [1.82, 2.24) is 19.8 Å². The van der Waals surface area contributed by atoms with Gasteiger partial charge in [-0.15, -0.1) is 10.2 Å². The summed E-state index contributed by atoms with van der Waals surface area (Å²) < 4.78 is 12.8. The van der Waals surface area contributed by atoms with Crippen LogP contribution in [0.15, 0.2) is 48.5 Å². The van der Waals surface area contributed by atoms with Gasteiger partial charge in [0.05, 0.1) is 7.11 Å². The highest BCUT2D eigenvalue weighted by Gasteiger charge is 2.15. The van der Waals surface area contributed by atoms with E-state index in [2.05, 4.69) is 28.3 Å². The van der Waals surface area contributed by atoms with Crippen LogP contribution in [0.2, 0.25) is 0 Å². The van der Waals surface area contributed by atoms with Crippen LogP contribution in [0.25, 0.3) is 16.3 Å². The van der Waals surface area contributed by atoms with Gasteiger partial charge in [-0.05, 0) is 24.6 Å². The first kappa shape index (κ1) is 15.6. The molecule has 0 aliphatic carbocycles. The van der Waals surface area contributed by atoms with Crippen molar-refractivity contribution >= 4 is 16.3 Å². The zero-order chi connectivity index (χ0) is 17.2. The van der Waals surface area contributed by atoms with E-state index >= 15 is 0 Å². The van der Waals surface area contributed by atoms with E-state index in [1.165, 1.54) is 11.3 Å². The number of aryl methyl sites for hydroxylation is 1. The highest BCUT2D eigenvalue weighted by molar-refractivity contribution is 7.16. The molecule has 0 fully saturated rings. The first-order valence-electron chi connectivity index (χ1n) is 7.78. The molecular formula is C18H16N4O2S. The molecule has 0 spiro atoms. The molecule has 2 aromatic carbocycles. The van der Waals surface area contributed by atoms with Gasteiger partial charge in [-0.1, -0.05) is 41.7 Å². The summed E-state index contributed by atoms with van der Waals surface area (Å²) in [4.78, 5) is 0.752. The first-order valence-corrected chi connectivity index (χ1v) is 8.60. The lowest BCUT2D eigenvalue weighted by Gasteiger charge is -2.05. The van der Waals surface area contributed by atoms with Crippen LogP contribution in [0.4, 0.5) is 0 Å². The Morgan fingerprint density at radius 1 is 1.04 bits per heavy atom. The monoisotopic (exact) mass is 352 g/mol. The van der Waals surface area contributed by atoms with Crippen LogP contribution < -0.4 is 9.47 Å². The molecule has 0 radical (unpaired) electrons. The van der Waals surface area contributed by atoms with E-state index in [9.17, 15) is 0 Å². The quantitative estimate of drug-likeness (QED) is 0.547. The number of fused-ring (bicyclic) bond motifs is 1. The summed E-state index contributed by atoms with van der Waals surface area (Å²) in [6, 6.07) is 15.6. The van der Waals surface area contributed by atoms with Crippen molar-refractivity contribution in [1.29, 1.82) is 0 Å². The number of hydrogen-bond donors (Lipinski definition) is 0. The fourth-order valence-electron chi connectivity index (χ4n) is 2.54. The Balaban J connectivity index is 1.59. The molecule has 0 saturated carbocycles. The summed E-state index contributed by atoms with van der Waals surface area (Å²) in [5, 5.41) is 13.9. The Kier molecular flexibility index (Phi) is 4.07. The molecule has 0 N–H and O–H groups in total. The van der Waals surface area contributed by atoms with Gasteiger partial charge in [-0.2, -0.15) is 9.61 Å². The Hall–Kier alpha value is -2.93. The second-order valence-electron chi connectivity index (χ2n) is 5.50. The first-order chi connectivity index (χ1) is 12.2. The summed E-state index contributed by atoms with van der Waals surface area (Å²) in [6.07, 6.45) is 0. The number of hydrogen-bond acceptors (Lipinski definition) is 6. The normalized spacial score (nSPS) is 11.0. The molecule has 0 atom stereocenters. The third kappa shape index (κ3) is 3.06. The molecule has 0 saturated heterocycles. The number of rotatable bonds is 5.